The van der Waals surface area contributed by atoms with Crippen molar-refractivity contribution in [3.8, 4) is 11.1 Å². The van der Waals surface area contributed by atoms with Crippen LogP contribution in [-0.2, 0) is 0 Å². The highest BCUT2D eigenvalue weighted by Gasteiger charge is 2.06. The van der Waals surface area contributed by atoms with Gasteiger partial charge in [0.05, 0.1) is 5.69 Å². The molecule has 0 unspecified atom stereocenters. The third kappa shape index (κ3) is 1.92. The highest BCUT2D eigenvalue weighted by molar-refractivity contribution is 7.80. The fourth-order valence-electron chi connectivity index (χ4n) is 1.53. The molecular weight excluding hydrogens is 220 g/mol. The first-order valence-corrected chi connectivity index (χ1v) is 5.18. The van der Waals surface area contributed by atoms with Crippen LogP contribution in [0, 0.1) is 4.91 Å². The van der Waals surface area contributed by atoms with Crippen LogP contribution < -0.4 is 5.73 Å². The average molecular weight is 230 g/mol. The molecule has 2 aromatic rings. The first-order valence-electron chi connectivity index (χ1n) is 4.73. The summed E-state index contributed by atoms with van der Waals surface area (Å²) in [7, 11) is 0. The molecule has 0 bridgehead atoms. The number of nitrogens with zero attached hydrogens (tertiary/aromatic N) is 1. The van der Waals surface area contributed by atoms with E-state index < -0.39 is 0 Å². The van der Waals surface area contributed by atoms with Crippen LogP contribution in [-0.4, -0.2) is 0 Å². The molecule has 2 N–H and O–H groups in total. The zero-order chi connectivity index (χ0) is 11.5. The number of hydrogen-bond donors (Lipinski definition) is 2. The second-order valence-electron chi connectivity index (χ2n) is 3.38. The first kappa shape index (κ1) is 10.7. The molecule has 2 rings (SSSR count). The van der Waals surface area contributed by atoms with Gasteiger partial charge in [0, 0.05) is 10.5 Å². The molecule has 0 heterocycles. The van der Waals surface area contributed by atoms with Crippen molar-refractivity contribution < 1.29 is 0 Å². The van der Waals surface area contributed by atoms with Gasteiger partial charge in [-0.15, -0.1) is 17.5 Å². The minimum atomic E-state index is 0.271. The van der Waals surface area contributed by atoms with Gasteiger partial charge in [-0.25, -0.2) is 0 Å². The monoisotopic (exact) mass is 230 g/mol. The number of rotatable bonds is 2. The molecule has 0 atom stereocenters. The summed E-state index contributed by atoms with van der Waals surface area (Å²) < 4.78 is 0. The predicted octanol–water partition coefficient (Wildman–Crippen LogP) is 3.62. The molecule has 0 radical (unpaired) electrons. The summed E-state index contributed by atoms with van der Waals surface area (Å²) in [6.45, 7) is 0. The molecule has 0 aliphatic rings. The van der Waals surface area contributed by atoms with Gasteiger partial charge in [-0.3, -0.25) is 0 Å². The van der Waals surface area contributed by atoms with E-state index in [1.807, 2.05) is 30.3 Å². The van der Waals surface area contributed by atoms with Crippen molar-refractivity contribution in [2.45, 2.75) is 4.90 Å². The molecule has 16 heavy (non-hydrogen) atoms. The Kier molecular flexibility index (Phi) is 2.92. The third-order valence-electron chi connectivity index (χ3n) is 2.36. The van der Waals surface area contributed by atoms with Gasteiger partial charge in [0.1, 0.15) is 5.69 Å². The van der Waals surface area contributed by atoms with Gasteiger partial charge in [0.2, 0.25) is 0 Å². The average Bonchev–Trinajstić information content (AvgIpc) is 2.31. The molecular formula is C12H10N2OS. The van der Waals surface area contributed by atoms with Crippen molar-refractivity contribution in [1.82, 2.24) is 0 Å². The summed E-state index contributed by atoms with van der Waals surface area (Å²) in [5, 5.41) is 2.88. The number of nitrogens with two attached hydrogens (primary N) is 1. The maximum absolute atomic E-state index is 10.5. The Hall–Kier alpha value is -1.81. The maximum atomic E-state index is 10.5. The molecule has 3 nitrogen and oxygen atoms in total. The van der Waals surface area contributed by atoms with Crippen LogP contribution in [0.15, 0.2) is 52.5 Å². The molecule has 0 aliphatic carbocycles. The highest BCUT2D eigenvalue weighted by atomic mass is 32.1. The Balaban J connectivity index is 2.56. The molecule has 0 saturated carbocycles. The third-order valence-corrected chi connectivity index (χ3v) is 2.66. The molecule has 0 spiro atoms. The number of benzene rings is 2. The van der Waals surface area contributed by atoms with E-state index in [1.54, 1.807) is 12.1 Å². The highest BCUT2D eigenvalue weighted by Crippen LogP contribution is 2.33. The van der Waals surface area contributed by atoms with E-state index >= 15 is 0 Å². The van der Waals surface area contributed by atoms with Crippen molar-refractivity contribution in [2.24, 2.45) is 5.18 Å². The summed E-state index contributed by atoms with van der Waals surface area (Å²) in [5.74, 6) is 0. The van der Waals surface area contributed by atoms with E-state index in [4.69, 9.17) is 5.73 Å². The van der Waals surface area contributed by atoms with Crippen molar-refractivity contribution >= 4 is 24.0 Å². The Morgan fingerprint density at radius 1 is 1.06 bits per heavy atom. The van der Waals surface area contributed by atoms with Crippen molar-refractivity contribution in [3.05, 3.63) is 47.4 Å². The van der Waals surface area contributed by atoms with Gasteiger partial charge in [0.25, 0.3) is 0 Å². The first-order chi connectivity index (χ1) is 7.72. The Morgan fingerprint density at radius 3 is 2.38 bits per heavy atom. The summed E-state index contributed by atoms with van der Waals surface area (Å²) in [4.78, 5) is 11.4. The van der Waals surface area contributed by atoms with Gasteiger partial charge in [-0.1, -0.05) is 24.3 Å². The normalized spacial score (nSPS) is 10.1. The standard InChI is InChI=1S/C12H10N2OS/c13-12-10(2-1-3-11(12)14-15)8-4-6-9(16)7-5-8/h1-7,16H,13H2. The Bertz CT molecular complexity index is 523. The predicted molar refractivity (Wildman–Crippen MR) is 69.0 cm³/mol. The van der Waals surface area contributed by atoms with Crippen molar-refractivity contribution in [3.63, 3.8) is 0 Å². The zero-order valence-corrected chi connectivity index (χ0v) is 9.32. The quantitative estimate of drug-likeness (QED) is 0.470. The number of thiol groups is 1. The van der Waals surface area contributed by atoms with E-state index in [-0.39, 0.29) is 5.69 Å². The van der Waals surface area contributed by atoms with Crippen molar-refractivity contribution in [2.75, 3.05) is 5.73 Å². The second-order valence-corrected chi connectivity index (χ2v) is 3.89. The number of hydrogen-bond acceptors (Lipinski definition) is 4. The molecule has 0 aliphatic heterocycles. The molecule has 2 aromatic carbocycles. The van der Waals surface area contributed by atoms with Gasteiger partial charge in [-0.05, 0) is 28.9 Å². The lowest BCUT2D eigenvalue weighted by atomic mass is 10.0. The molecule has 4 heteroatoms. The lowest BCUT2D eigenvalue weighted by Gasteiger charge is -2.06. The molecule has 80 valence electrons. The van der Waals surface area contributed by atoms with Crippen LogP contribution in [0.5, 0.6) is 0 Å². The van der Waals surface area contributed by atoms with E-state index in [0.717, 1.165) is 16.0 Å². The summed E-state index contributed by atoms with van der Waals surface area (Å²) in [5.41, 5.74) is 8.28. The summed E-state index contributed by atoms with van der Waals surface area (Å²) in [6.07, 6.45) is 0. The second kappa shape index (κ2) is 4.37. The topological polar surface area (TPSA) is 55.4 Å². The van der Waals surface area contributed by atoms with Gasteiger partial charge in [0.15, 0.2) is 0 Å². The number of para-hydroxylation sites is 1. The minimum Gasteiger partial charge on any atom is -0.396 e. The van der Waals surface area contributed by atoms with E-state index in [2.05, 4.69) is 17.8 Å². The van der Waals surface area contributed by atoms with Crippen LogP contribution >= 0.6 is 12.6 Å². The molecule has 0 aromatic heterocycles. The number of anilines is 1. The van der Waals surface area contributed by atoms with Crippen LogP contribution in [0.1, 0.15) is 0 Å². The van der Waals surface area contributed by atoms with E-state index in [9.17, 15) is 4.91 Å². The largest absolute Gasteiger partial charge is 0.396 e. The van der Waals surface area contributed by atoms with Crippen LogP contribution in [0.3, 0.4) is 0 Å². The molecule has 0 fully saturated rings. The SMILES string of the molecule is Nc1c(N=O)cccc1-c1ccc(S)cc1. The maximum Gasteiger partial charge on any atom is 0.131 e. The van der Waals surface area contributed by atoms with E-state index in [0.29, 0.717) is 5.69 Å². The zero-order valence-electron chi connectivity index (χ0n) is 8.42. The number of nitrogen functional groups attached to an aromatic ring is 1. The Labute approximate surface area is 98.7 Å². The lowest BCUT2D eigenvalue weighted by Crippen LogP contribution is -1.90. The van der Waals surface area contributed by atoms with Crippen LogP contribution in [0.25, 0.3) is 11.1 Å². The minimum absolute atomic E-state index is 0.271. The summed E-state index contributed by atoms with van der Waals surface area (Å²) >= 11 is 4.21. The molecule has 0 saturated heterocycles. The van der Waals surface area contributed by atoms with Crippen LogP contribution in [0.4, 0.5) is 11.4 Å². The van der Waals surface area contributed by atoms with Gasteiger partial charge >= 0.3 is 0 Å². The lowest BCUT2D eigenvalue weighted by molar-refractivity contribution is 1.45. The van der Waals surface area contributed by atoms with Gasteiger partial charge in [-0.2, -0.15) is 0 Å². The van der Waals surface area contributed by atoms with Crippen molar-refractivity contribution in [1.29, 1.82) is 0 Å². The number of nitroso groups, excluding NO2 is 1. The fourth-order valence-corrected chi connectivity index (χ4v) is 1.67. The molecule has 0 amide bonds. The smallest absolute Gasteiger partial charge is 0.131 e. The summed E-state index contributed by atoms with van der Waals surface area (Å²) in [6, 6.07) is 12.8. The fraction of sp³-hybridized carbons (Fsp3) is 0. The van der Waals surface area contributed by atoms with Crippen LogP contribution in [0.2, 0.25) is 0 Å². The van der Waals surface area contributed by atoms with E-state index in [1.165, 1.54) is 0 Å². The van der Waals surface area contributed by atoms with Gasteiger partial charge < -0.3 is 5.73 Å². The Morgan fingerprint density at radius 2 is 1.75 bits per heavy atom.